The van der Waals surface area contributed by atoms with Crippen LogP contribution in [0.5, 0.6) is 0 Å². The SMILES string of the molecule is O=C(COC(=O)[C@H](Cc1ccccc1)N1C(=O)[C@H]2[C@H](C1=O)[C@H]1C=C[C@H]2C1)NNC(=O)c1ccccc1. The molecule has 1 saturated carbocycles. The van der Waals surface area contributed by atoms with E-state index in [1.54, 1.807) is 54.6 Å². The first-order valence-electron chi connectivity index (χ1n) is 11.8. The highest BCUT2D eigenvalue weighted by Gasteiger charge is 2.61. The molecule has 5 atom stereocenters. The molecule has 2 N–H and O–H groups in total. The van der Waals surface area contributed by atoms with E-state index < -0.39 is 42.3 Å². The maximum Gasteiger partial charge on any atom is 0.330 e. The third-order valence-corrected chi connectivity index (χ3v) is 7.06. The van der Waals surface area contributed by atoms with E-state index in [4.69, 9.17) is 4.74 Å². The lowest BCUT2D eigenvalue weighted by molar-refractivity contribution is -0.160. The van der Waals surface area contributed by atoms with E-state index >= 15 is 0 Å². The molecule has 2 fully saturated rings. The molecule has 0 aromatic heterocycles. The molecule has 2 aromatic carbocycles. The van der Waals surface area contributed by atoms with Crippen LogP contribution in [0.2, 0.25) is 0 Å². The molecule has 1 heterocycles. The number of ether oxygens (including phenoxy) is 1. The van der Waals surface area contributed by atoms with Crippen molar-refractivity contribution >= 4 is 29.6 Å². The number of esters is 1. The van der Waals surface area contributed by atoms with Crippen molar-refractivity contribution in [2.75, 3.05) is 6.61 Å². The number of allylic oxidation sites excluding steroid dienone is 2. The van der Waals surface area contributed by atoms with Crippen LogP contribution in [-0.2, 0) is 30.3 Å². The van der Waals surface area contributed by atoms with Crippen LogP contribution in [0.4, 0.5) is 0 Å². The summed E-state index contributed by atoms with van der Waals surface area (Å²) < 4.78 is 5.21. The molecule has 4 amide bonds. The number of carbonyl (C=O) groups excluding carboxylic acids is 5. The van der Waals surface area contributed by atoms with Crippen LogP contribution in [0.25, 0.3) is 0 Å². The summed E-state index contributed by atoms with van der Waals surface area (Å²) in [6.07, 6.45) is 4.83. The Morgan fingerprint density at radius 1 is 0.861 bits per heavy atom. The fourth-order valence-electron chi connectivity index (χ4n) is 5.41. The standard InChI is InChI=1S/C27H25N3O6/c31-21(28-29-24(32)17-9-5-2-6-10-17)15-36-27(35)20(13-16-7-3-1-4-8-16)30-25(33)22-18-11-12-19(14-18)23(22)26(30)34/h1-12,18-20,22-23H,13-15H2,(H,28,31)(H,29,32)/t18-,19-,20-,22+,23+/m0/s1. The minimum atomic E-state index is -1.19. The van der Waals surface area contributed by atoms with Crippen molar-refractivity contribution in [2.45, 2.75) is 18.9 Å². The average molecular weight is 488 g/mol. The number of amides is 4. The largest absolute Gasteiger partial charge is 0.454 e. The van der Waals surface area contributed by atoms with Crippen molar-refractivity contribution in [1.29, 1.82) is 0 Å². The first-order chi connectivity index (χ1) is 17.4. The number of carbonyl (C=O) groups is 5. The fraction of sp³-hybridized carbons (Fsp3) is 0.296. The maximum atomic E-state index is 13.3. The van der Waals surface area contributed by atoms with Gasteiger partial charge in [0.1, 0.15) is 6.04 Å². The quantitative estimate of drug-likeness (QED) is 0.264. The molecular weight excluding hydrogens is 462 g/mol. The number of benzene rings is 2. The molecule has 9 nitrogen and oxygen atoms in total. The molecule has 2 aromatic rings. The van der Waals surface area contributed by atoms with Gasteiger partial charge in [-0.2, -0.15) is 0 Å². The Balaban J connectivity index is 1.25. The van der Waals surface area contributed by atoms with Crippen LogP contribution >= 0.6 is 0 Å². The lowest BCUT2D eigenvalue weighted by Crippen LogP contribution is -2.49. The van der Waals surface area contributed by atoms with E-state index in [9.17, 15) is 24.0 Å². The molecule has 1 aliphatic heterocycles. The lowest BCUT2D eigenvalue weighted by Gasteiger charge is -2.26. The van der Waals surface area contributed by atoms with Crippen LogP contribution in [0, 0.1) is 23.7 Å². The number of hydrogen-bond donors (Lipinski definition) is 2. The Bertz CT molecular complexity index is 1200. The van der Waals surface area contributed by atoms with Gasteiger partial charge in [-0.1, -0.05) is 60.7 Å². The van der Waals surface area contributed by atoms with Crippen molar-refractivity contribution in [2.24, 2.45) is 23.7 Å². The van der Waals surface area contributed by atoms with Crippen LogP contribution < -0.4 is 10.9 Å². The third kappa shape index (κ3) is 4.39. The van der Waals surface area contributed by atoms with E-state index in [1.165, 1.54) is 0 Å². The van der Waals surface area contributed by atoms with Crippen molar-refractivity contribution in [1.82, 2.24) is 15.8 Å². The molecule has 2 aliphatic carbocycles. The van der Waals surface area contributed by atoms with Crippen molar-refractivity contribution < 1.29 is 28.7 Å². The van der Waals surface area contributed by atoms with Gasteiger partial charge in [0.2, 0.25) is 11.8 Å². The average Bonchev–Trinajstić information content (AvgIpc) is 3.59. The molecule has 1 saturated heterocycles. The summed E-state index contributed by atoms with van der Waals surface area (Å²) in [5, 5.41) is 0. The maximum absolute atomic E-state index is 13.3. The number of nitrogens with zero attached hydrogens (tertiary/aromatic N) is 1. The Hall–Kier alpha value is -4.27. The fourth-order valence-corrected chi connectivity index (χ4v) is 5.41. The monoisotopic (exact) mass is 487 g/mol. The van der Waals surface area contributed by atoms with Gasteiger partial charge < -0.3 is 4.74 Å². The molecular formula is C27H25N3O6. The second-order valence-corrected chi connectivity index (χ2v) is 9.23. The number of hydrogen-bond acceptors (Lipinski definition) is 6. The second kappa shape index (κ2) is 9.77. The highest BCUT2D eigenvalue weighted by molar-refractivity contribution is 6.09. The van der Waals surface area contributed by atoms with Crippen LogP contribution in [0.1, 0.15) is 22.3 Å². The molecule has 2 bridgehead atoms. The highest BCUT2D eigenvalue weighted by atomic mass is 16.5. The minimum absolute atomic E-state index is 0.00819. The van der Waals surface area contributed by atoms with Gasteiger partial charge in [0.15, 0.2) is 6.61 Å². The topological polar surface area (TPSA) is 122 Å². The summed E-state index contributed by atoms with van der Waals surface area (Å²) >= 11 is 0. The smallest absolute Gasteiger partial charge is 0.330 e. The second-order valence-electron chi connectivity index (χ2n) is 9.23. The highest BCUT2D eigenvalue weighted by Crippen LogP contribution is 2.53. The van der Waals surface area contributed by atoms with Crippen LogP contribution in [0.15, 0.2) is 72.8 Å². The zero-order valence-corrected chi connectivity index (χ0v) is 19.3. The predicted octanol–water partition coefficient (Wildman–Crippen LogP) is 1.41. The van der Waals surface area contributed by atoms with E-state index in [1.807, 2.05) is 18.2 Å². The Morgan fingerprint density at radius 2 is 1.44 bits per heavy atom. The van der Waals surface area contributed by atoms with Gasteiger partial charge in [0.25, 0.3) is 11.8 Å². The molecule has 0 unspecified atom stereocenters. The Kier molecular flexibility index (Phi) is 6.37. The molecule has 3 aliphatic rings. The number of likely N-dealkylation sites (tertiary alicyclic amines) is 1. The summed E-state index contributed by atoms with van der Waals surface area (Å²) in [5.74, 6) is -3.75. The van der Waals surface area contributed by atoms with Gasteiger partial charge in [-0.15, -0.1) is 0 Å². The molecule has 0 spiro atoms. The number of imide groups is 1. The number of nitrogens with one attached hydrogen (secondary N) is 2. The van der Waals surface area contributed by atoms with Gasteiger partial charge in [0.05, 0.1) is 11.8 Å². The van der Waals surface area contributed by atoms with Crippen LogP contribution in [0.3, 0.4) is 0 Å². The van der Waals surface area contributed by atoms with Gasteiger partial charge in [0, 0.05) is 12.0 Å². The summed E-state index contributed by atoms with van der Waals surface area (Å²) in [7, 11) is 0. The summed E-state index contributed by atoms with van der Waals surface area (Å²) in [5.41, 5.74) is 5.53. The van der Waals surface area contributed by atoms with Gasteiger partial charge in [-0.3, -0.25) is 34.9 Å². The van der Waals surface area contributed by atoms with Crippen molar-refractivity contribution in [3.05, 3.63) is 83.9 Å². The summed E-state index contributed by atoms with van der Waals surface area (Å²) in [6, 6.07) is 16.1. The molecule has 5 rings (SSSR count). The zero-order chi connectivity index (χ0) is 25.2. The first-order valence-corrected chi connectivity index (χ1v) is 11.8. The van der Waals surface area contributed by atoms with E-state index in [-0.39, 0.29) is 30.1 Å². The number of fused-ring (bicyclic) bond motifs is 5. The summed E-state index contributed by atoms with van der Waals surface area (Å²) in [6.45, 7) is -0.685. The van der Waals surface area contributed by atoms with E-state index in [2.05, 4.69) is 10.9 Å². The Morgan fingerprint density at radius 3 is 2.06 bits per heavy atom. The first kappa shape index (κ1) is 23.5. The lowest BCUT2D eigenvalue weighted by atomic mass is 9.85. The predicted molar refractivity (Wildman–Crippen MR) is 127 cm³/mol. The van der Waals surface area contributed by atoms with Crippen molar-refractivity contribution in [3.8, 4) is 0 Å². The van der Waals surface area contributed by atoms with E-state index in [0.29, 0.717) is 5.56 Å². The zero-order valence-electron chi connectivity index (χ0n) is 19.3. The van der Waals surface area contributed by atoms with Crippen molar-refractivity contribution in [3.63, 3.8) is 0 Å². The van der Waals surface area contributed by atoms with E-state index in [0.717, 1.165) is 16.9 Å². The number of rotatable bonds is 7. The molecule has 9 heteroatoms. The van der Waals surface area contributed by atoms with Gasteiger partial charge in [-0.05, 0) is 36.0 Å². The minimum Gasteiger partial charge on any atom is -0.454 e. The van der Waals surface area contributed by atoms with Gasteiger partial charge >= 0.3 is 5.97 Å². The normalized spacial score (nSPS) is 24.4. The molecule has 0 radical (unpaired) electrons. The molecule has 184 valence electrons. The van der Waals surface area contributed by atoms with Crippen LogP contribution in [-0.4, -0.2) is 47.1 Å². The molecule has 36 heavy (non-hydrogen) atoms. The Labute approximate surface area is 207 Å². The summed E-state index contributed by atoms with van der Waals surface area (Å²) in [4.78, 5) is 65.1. The number of hydrazine groups is 1. The third-order valence-electron chi connectivity index (χ3n) is 7.06. The van der Waals surface area contributed by atoms with Gasteiger partial charge in [-0.25, -0.2) is 4.79 Å².